The summed E-state index contributed by atoms with van der Waals surface area (Å²) in [6, 6.07) is 8.33. The van der Waals surface area contributed by atoms with Crippen LogP contribution in [0.1, 0.15) is 15.3 Å². The Morgan fingerprint density at radius 1 is 1.11 bits per heavy atom. The van der Waals surface area contributed by atoms with E-state index in [1.165, 1.54) is 9.75 Å². The molecule has 0 radical (unpaired) electrons. The van der Waals surface area contributed by atoms with Crippen molar-refractivity contribution in [3.05, 3.63) is 39.6 Å². The minimum atomic E-state index is 0.757. The first-order chi connectivity index (χ1) is 9.13. The second-order valence-electron chi connectivity index (χ2n) is 4.39. The molecule has 0 fully saturated rings. The van der Waals surface area contributed by atoms with E-state index in [-0.39, 0.29) is 0 Å². The van der Waals surface area contributed by atoms with Crippen molar-refractivity contribution >= 4 is 17.0 Å². The molecule has 1 aromatic carbocycles. The number of methoxy groups -OCH3 is 2. The Balaban J connectivity index is 2.14. The fraction of sp³-hybridized carbons (Fsp3) is 0.333. The largest absolute Gasteiger partial charge is 0.493 e. The molecular formula is C15H19NO2S. The summed E-state index contributed by atoms with van der Waals surface area (Å²) in [6.45, 7) is 4.96. The number of benzene rings is 1. The predicted octanol–water partition coefficient (Wildman–Crippen LogP) is 3.99. The number of hydrogen-bond donors (Lipinski definition) is 1. The van der Waals surface area contributed by atoms with Gasteiger partial charge in [0.05, 0.1) is 14.2 Å². The quantitative estimate of drug-likeness (QED) is 0.896. The topological polar surface area (TPSA) is 30.5 Å². The molecule has 0 amide bonds. The maximum absolute atomic E-state index is 5.35. The Morgan fingerprint density at radius 2 is 1.89 bits per heavy atom. The molecule has 1 N–H and O–H groups in total. The van der Waals surface area contributed by atoms with Crippen molar-refractivity contribution in [1.29, 1.82) is 0 Å². The third-order valence-corrected chi connectivity index (χ3v) is 3.93. The summed E-state index contributed by atoms with van der Waals surface area (Å²) >= 11 is 1.81. The summed E-state index contributed by atoms with van der Waals surface area (Å²) in [6.07, 6.45) is 0. The molecule has 19 heavy (non-hydrogen) atoms. The van der Waals surface area contributed by atoms with Gasteiger partial charge in [0.2, 0.25) is 0 Å². The molecule has 3 nitrogen and oxygen atoms in total. The maximum Gasteiger partial charge on any atom is 0.163 e. The van der Waals surface area contributed by atoms with Gasteiger partial charge in [-0.05, 0) is 37.6 Å². The van der Waals surface area contributed by atoms with Gasteiger partial charge in [0, 0.05) is 28.1 Å². The molecule has 1 aromatic heterocycles. The van der Waals surface area contributed by atoms with Gasteiger partial charge < -0.3 is 14.8 Å². The van der Waals surface area contributed by atoms with Crippen LogP contribution in [0.5, 0.6) is 11.5 Å². The number of nitrogens with one attached hydrogen (secondary N) is 1. The Bertz CT molecular complexity index is 563. The van der Waals surface area contributed by atoms with E-state index in [2.05, 4.69) is 30.4 Å². The van der Waals surface area contributed by atoms with E-state index in [0.717, 1.165) is 29.3 Å². The lowest BCUT2D eigenvalue weighted by Crippen LogP contribution is -2.00. The first-order valence-electron chi connectivity index (χ1n) is 6.16. The fourth-order valence-corrected chi connectivity index (χ4v) is 2.86. The summed E-state index contributed by atoms with van der Waals surface area (Å²) in [7, 11) is 3.32. The van der Waals surface area contributed by atoms with Crippen LogP contribution in [0, 0.1) is 13.8 Å². The molecule has 2 rings (SSSR count). The number of aryl methyl sites for hydroxylation is 2. The lowest BCUT2D eigenvalue weighted by Gasteiger charge is -2.13. The van der Waals surface area contributed by atoms with Gasteiger partial charge in [0.15, 0.2) is 11.5 Å². The third-order valence-electron chi connectivity index (χ3n) is 2.93. The Labute approximate surface area is 118 Å². The van der Waals surface area contributed by atoms with Gasteiger partial charge in [-0.3, -0.25) is 0 Å². The number of hydrogen-bond acceptors (Lipinski definition) is 4. The molecule has 0 saturated heterocycles. The van der Waals surface area contributed by atoms with Crippen LogP contribution in [0.15, 0.2) is 24.3 Å². The van der Waals surface area contributed by atoms with Crippen LogP contribution in [0.4, 0.5) is 5.69 Å². The first kappa shape index (κ1) is 13.7. The second-order valence-corrected chi connectivity index (χ2v) is 5.77. The van der Waals surface area contributed by atoms with Gasteiger partial charge in [-0.1, -0.05) is 0 Å². The van der Waals surface area contributed by atoms with E-state index in [0.29, 0.717) is 0 Å². The molecule has 0 aliphatic heterocycles. The smallest absolute Gasteiger partial charge is 0.163 e. The number of ether oxygens (including phenoxy) is 2. The maximum atomic E-state index is 5.35. The minimum absolute atomic E-state index is 0.757. The minimum Gasteiger partial charge on any atom is -0.493 e. The summed E-state index contributed by atoms with van der Waals surface area (Å²) < 4.78 is 10.7. The number of anilines is 1. The van der Waals surface area contributed by atoms with Crippen LogP contribution in [0.25, 0.3) is 0 Å². The average molecular weight is 277 g/mol. The second kappa shape index (κ2) is 5.97. The van der Waals surface area contributed by atoms with Gasteiger partial charge in [0.1, 0.15) is 0 Å². The monoisotopic (exact) mass is 277 g/mol. The lowest BCUT2D eigenvalue weighted by molar-refractivity contribution is 0.353. The SMILES string of the molecule is COc1cc(NCc2ccc(C)s2)cc(C)c1OC. The summed E-state index contributed by atoms with van der Waals surface area (Å²) in [5.74, 6) is 1.55. The zero-order valence-corrected chi connectivity index (χ0v) is 12.6. The Kier molecular flexibility index (Phi) is 4.32. The van der Waals surface area contributed by atoms with E-state index in [1.54, 1.807) is 14.2 Å². The molecule has 2 aromatic rings. The molecule has 0 spiro atoms. The highest BCUT2D eigenvalue weighted by Gasteiger charge is 2.09. The Hall–Kier alpha value is -1.68. The van der Waals surface area contributed by atoms with E-state index in [9.17, 15) is 0 Å². The highest BCUT2D eigenvalue weighted by Crippen LogP contribution is 2.34. The number of rotatable bonds is 5. The Morgan fingerprint density at radius 3 is 2.47 bits per heavy atom. The van der Waals surface area contributed by atoms with Crippen molar-refractivity contribution in [3.8, 4) is 11.5 Å². The molecule has 4 heteroatoms. The van der Waals surface area contributed by atoms with E-state index in [1.807, 2.05) is 24.3 Å². The van der Waals surface area contributed by atoms with Crippen molar-refractivity contribution in [3.63, 3.8) is 0 Å². The van der Waals surface area contributed by atoms with Crippen molar-refractivity contribution in [2.24, 2.45) is 0 Å². The molecule has 1 heterocycles. The molecular weight excluding hydrogens is 258 g/mol. The zero-order chi connectivity index (χ0) is 13.8. The van der Waals surface area contributed by atoms with E-state index in [4.69, 9.17) is 9.47 Å². The number of thiophene rings is 1. The highest BCUT2D eigenvalue weighted by molar-refractivity contribution is 7.11. The first-order valence-corrected chi connectivity index (χ1v) is 6.97. The van der Waals surface area contributed by atoms with Crippen LogP contribution in [-0.2, 0) is 6.54 Å². The molecule has 0 aliphatic rings. The van der Waals surface area contributed by atoms with Gasteiger partial charge in [-0.2, -0.15) is 0 Å². The van der Waals surface area contributed by atoms with Crippen molar-refractivity contribution in [2.75, 3.05) is 19.5 Å². The molecule has 102 valence electrons. The molecule has 0 atom stereocenters. The normalized spacial score (nSPS) is 10.3. The summed E-state index contributed by atoms with van der Waals surface area (Å²) in [5.41, 5.74) is 2.10. The van der Waals surface area contributed by atoms with Crippen LogP contribution in [0.2, 0.25) is 0 Å². The van der Waals surface area contributed by atoms with E-state index >= 15 is 0 Å². The fourth-order valence-electron chi connectivity index (χ4n) is 2.03. The van der Waals surface area contributed by atoms with Gasteiger partial charge in [-0.25, -0.2) is 0 Å². The van der Waals surface area contributed by atoms with Crippen molar-refractivity contribution in [2.45, 2.75) is 20.4 Å². The van der Waals surface area contributed by atoms with Gasteiger partial charge >= 0.3 is 0 Å². The van der Waals surface area contributed by atoms with Crippen LogP contribution < -0.4 is 14.8 Å². The van der Waals surface area contributed by atoms with Gasteiger partial charge in [-0.15, -0.1) is 11.3 Å². The van der Waals surface area contributed by atoms with Crippen molar-refractivity contribution < 1.29 is 9.47 Å². The third kappa shape index (κ3) is 3.20. The highest BCUT2D eigenvalue weighted by atomic mass is 32.1. The van der Waals surface area contributed by atoms with Crippen LogP contribution in [-0.4, -0.2) is 14.2 Å². The molecule has 0 unspecified atom stereocenters. The standard InChI is InChI=1S/C15H19NO2S/c1-10-7-12(8-14(17-3)15(10)18-4)16-9-13-6-5-11(2)19-13/h5-8,16H,9H2,1-4H3. The van der Waals surface area contributed by atoms with E-state index < -0.39 is 0 Å². The van der Waals surface area contributed by atoms with Gasteiger partial charge in [0.25, 0.3) is 0 Å². The van der Waals surface area contributed by atoms with Crippen LogP contribution in [0.3, 0.4) is 0 Å². The van der Waals surface area contributed by atoms with Crippen molar-refractivity contribution in [1.82, 2.24) is 0 Å². The zero-order valence-electron chi connectivity index (χ0n) is 11.7. The average Bonchev–Trinajstić information content (AvgIpc) is 2.81. The summed E-state index contributed by atoms with van der Waals surface area (Å²) in [4.78, 5) is 2.66. The molecule has 0 bridgehead atoms. The lowest BCUT2D eigenvalue weighted by atomic mass is 10.2. The molecule has 0 aliphatic carbocycles. The van der Waals surface area contributed by atoms with Crippen LogP contribution >= 0.6 is 11.3 Å². The molecule has 0 saturated carbocycles. The predicted molar refractivity (Wildman–Crippen MR) is 80.7 cm³/mol. The summed E-state index contributed by atoms with van der Waals surface area (Å²) in [5, 5.41) is 3.42.